The second-order valence-corrected chi connectivity index (χ2v) is 2.90. The van der Waals surface area contributed by atoms with Gasteiger partial charge in [0.25, 0.3) is 0 Å². The molecule has 0 aromatic carbocycles. The molecule has 0 amide bonds. The van der Waals surface area contributed by atoms with E-state index in [0.717, 1.165) is 0 Å². The lowest BCUT2D eigenvalue weighted by Crippen LogP contribution is -2.41. The lowest BCUT2D eigenvalue weighted by molar-refractivity contribution is 0.132. The molecule has 4 heteroatoms. The number of aliphatic hydroxyl groups excluding tert-OH is 2. The number of nitrogens with one attached hydrogen (secondary N) is 1. The predicted molar refractivity (Wildman–Crippen MR) is 38.4 cm³/mol. The summed E-state index contributed by atoms with van der Waals surface area (Å²) >= 11 is 1.45. The van der Waals surface area contributed by atoms with Crippen LogP contribution in [0.3, 0.4) is 0 Å². The highest BCUT2D eigenvalue weighted by Gasteiger charge is 2.22. The molecular formula is C5H12NO2S. The first-order valence-electron chi connectivity index (χ1n) is 2.64. The Balaban J connectivity index is 3.62. The Bertz CT molecular complexity index is 75.4. The van der Waals surface area contributed by atoms with Crippen molar-refractivity contribution in [2.45, 2.75) is 5.54 Å². The first kappa shape index (κ1) is 9.23. The van der Waals surface area contributed by atoms with Gasteiger partial charge in [0, 0.05) is 5.75 Å². The normalized spacial score (nSPS) is 12.0. The summed E-state index contributed by atoms with van der Waals surface area (Å²) < 4.78 is 0. The predicted octanol–water partition coefficient (Wildman–Crippen LogP) is -0.644. The molecule has 0 spiro atoms. The molecule has 3 N–H and O–H groups in total. The summed E-state index contributed by atoms with van der Waals surface area (Å²) in [5.41, 5.74) is 6.25. The van der Waals surface area contributed by atoms with E-state index >= 15 is 0 Å². The molecule has 55 valence electrons. The van der Waals surface area contributed by atoms with Gasteiger partial charge in [0.2, 0.25) is 0 Å². The van der Waals surface area contributed by atoms with Crippen molar-refractivity contribution >= 4 is 11.8 Å². The first-order valence-corrected chi connectivity index (χ1v) is 4.03. The van der Waals surface area contributed by atoms with Crippen LogP contribution >= 0.6 is 11.8 Å². The summed E-state index contributed by atoms with van der Waals surface area (Å²) in [6, 6.07) is 0. The highest BCUT2D eigenvalue weighted by atomic mass is 32.2. The third-order valence-corrected chi connectivity index (χ3v) is 1.87. The van der Waals surface area contributed by atoms with Gasteiger partial charge in [0.05, 0.1) is 18.8 Å². The van der Waals surface area contributed by atoms with Crippen LogP contribution < -0.4 is 5.73 Å². The summed E-state index contributed by atoms with van der Waals surface area (Å²) in [6.45, 7) is -0.547. The molecule has 0 unspecified atom stereocenters. The van der Waals surface area contributed by atoms with E-state index in [2.05, 4.69) is 0 Å². The van der Waals surface area contributed by atoms with Gasteiger partial charge in [-0.2, -0.15) is 11.8 Å². The van der Waals surface area contributed by atoms with Crippen LogP contribution in [0.5, 0.6) is 0 Å². The van der Waals surface area contributed by atoms with Gasteiger partial charge < -0.3 is 10.2 Å². The van der Waals surface area contributed by atoms with Gasteiger partial charge in [-0.15, -0.1) is 0 Å². The molecule has 0 aliphatic rings. The average Bonchev–Trinajstić information content (AvgIpc) is 1.89. The van der Waals surface area contributed by atoms with Crippen molar-refractivity contribution in [2.75, 3.05) is 25.2 Å². The van der Waals surface area contributed by atoms with E-state index in [-0.39, 0.29) is 13.2 Å². The Morgan fingerprint density at radius 1 is 1.44 bits per heavy atom. The van der Waals surface area contributed by atoms with Gasteiger partial charge >= 0.3 is 0 Å². The van der Waals surface area contributed by atoms with E-state index in [4.69, 9.17) is 15.9 Å². The van der Waals surface area contributed by atoms with Crippen LogP contribution in [-0.2, 0) is 0 Å². The lowest BCUT2D eigenvalue weighted by atomic mass is 10.1. The molecule has 3 nitrogen and oxygen atoms in total. The Labute approximate surface area is 59.3 Å². The molecule has 0 aromatic rings. The molecule has 0 aliphatic carbocycles. The zero-order valence-corrected chi connectivity index (χ0v) is 6.24. The molecule has 1 radical (unpaired) electrons. The van der Waals surface area contributed by atoms with Crippen LogP contribution in [0.25, 0.3) is 0 Å². The van der Waals surface area contributed by atoms with E-state index in [1.54, 1.807) is 0 Å². The summed E-state index contributed by atoms with van der Waals surface area (Å²) in [6.07, 6.45) is 1.84. The summed E-state index contributed by atoms with van der Waals surface area (Å²) in [5.74, 6) is 0.472. The van der Waals surface area contributed by atoms with Crippen molar-refractivity contribution in [3.63, 3.8) is 0 Å². The van der Waals surface area contributed by atoms with Crippen molar-refractivity contribution < 1.29 is 10.2 Å². The van der Waals surface area contributed by atoms with E-state index in [0.29, 0.717) is 5.75 Å². The van der Waals surface area contributed by atoms with Crippen molar-refractivity contribution in [2.24, 2.45) is 0 Å². The standard InChI is InChI=1S/C5H12NO2S/c1-9-4-5(6,2-7)3-8/h6-8H,2-4H2,1H3. The van der Waals surface area contributed by atoms with Crippen LogP contribution in [0, 0.1) is 0 Å². The van der Waals surface area contributed by atoms with Crippen molar-refractivity contribution in [3.8, 4) is 0 Å². The smallest absolute Gasteiger partial charge is 0.0873 e. The van der Waals surface area contributed by atoms with Gasteiger partial charge in [-0.1, -0.05) is 0 Å². The molecule has 0 aromatic heterocycles. The molecule has 0 rings (SSSR count). The van der Waals surface area contributed by atoms with Crippen molar-refractivity contribution in [3.05, 3.63) is 0 Å². The van der Waals surface area contributed by atoms with Crippen LogP contribution in [0.15, 0.2) is 0 Å². The fraction of sp³-hybridized carbons (Fsp3) is 1.00. The topological polar surface area (TPSA) is 64.3 Å². The zero-order valence-electron chi connectivity index (χ0n) is 5.42. The molecule has 0 saturated carbocycles. The van der Waals surface area contributed by atoms with Crippen molar-refractivity contribution in [1.29, 1.82) is 0 Å². The Hall–Kier alpha value is 0.230. The fourth-order valence-corrected chi connectivity index (χ4v) is 1.15. The maximum absolute atomic E-state index is 8.56. The monoisotopic (exact) mass is 150 g/mol. The summed E-state index contributed by atoms with van der Waals surface area (Å²) in [5, 5.41) is 17.1. The third kappa shape index (κ3) is 3.05. The average molecular weight is 150 g/mol. The number of thioether (sulfide) groups is 1. The molecule has 0 atom stereocenters. The molecule has 0 heterocycles. The van der Waals surface area contributed by atoms with Crippen LogP contribution in [0.4, 0.5) is 0 Å². The molecule has 0 bridgehead atoms. The number of rotatable bonds is 4. The van der Waals surface area contributed by atoms with E-state index in [1.807, 2.05) is 6.26 Å². The maximum atomic E-state index is 8.56. The molecule has 0 aliphatic heterocycles. The van der Waals surface area contributed by atoms with Crippen LogP contribution in [-0.4, -0.2) is 41.0 Å². The Kier molecular flexibility index (Phi) is 4.22. The van der Waals surface area contributed by atoms with Gasteiger partial charge in [0.1, 0.15) is 0 Å². The highest BCUT2D eigenvalue weighted by molar-refractivity contribution is 7.98. The second-order valence-electron chi connectivity index (χ2n) is 2.03. The van der Waals surface area contributed by atoms with E-state index in [1.165, 1.54) is 11.8 Å². The third-order valence-electron chi connectivity index (χ3n) is 1.03. The summed E-state index contributed by atoms with van der Waals surface area (Å²) in [7, 11) is 0. The number of aliphatic hydroxyl groups is 2. The van der Waals surface area contributed by atoms with Gasteiger partial charge in [-0.3, -0.25) is 0 Å². The Morgan fingerprint density at radius 3 is 2.00 bits per heavy atom. The first-order chi connectivity index (χ1) is 4.18. The van der Waals surface area contributed by atoms with Crippen LogP contribution in [0.2, 0.25) is 0 Å². The quantitative estimate of drug-likeness (QED) is 0.560. The summed E-state index contributed by atoms with van der Waals surface area (Å²) in [4.78, 5) is 0. The minimum absolute atomic E-state index is 0.273. The lowest BCUT2D eigenvalue weighted by Gasteiger charge is -2.21. The highest BCUT2D eigenvalue weighted by Crippen LogP contribution is 2.07. The SMILES string of the molecule is CSCC([NH])(CO)CO. The molecule has 0 saturated heterocycles. The number of hydrogen-bond acceptors (Lipinski definition) is 3. The largest absolute Gasteiger partial charge is 0.394 e. The second kappa shape index (κ2) is 4.11. The van der Waals surface area contributed by atoms with Gasteiger partial charge in [-0.25, -0.2) is 5.73 Å². The van der Waals surface area contributed by atoms with Gasteiger partial charge in [0.15, 0.2) is 0 Å². The molecule has 9 heavy (non-hydrogen) atoms. The van der Waals surface area contributed by atoms with E-state index < -0.39 is 5.54 Å². The molecule has 0 fully saturated rings. The fourth-order valence-electron chi connectivity index (χ4n) is 0.418. The van der Waals surface area contributed by atoms with Crippen LogP contribution in [0.1, 0.15) is 0 Å². The number of hydrogen-bond donors (Lipinski definition) is 2. The van der Waals surface area contributed by atoms with E-state index in [9.17, 15) is 0 Å². The van der Waals surface area contributed by atoms with Crippen molar-refractivity contribution in [1.82, 2.24) is 5.73 Å². The minimum Gasteiger partial charge on any atom is -0.394 e. The molecular weight excluding hydrogens is 138 g/mol. The minimum atomic E-state index is -1.04. The Morgan fingerprint density at radius 2 is 1.89 bits per heavy atom. The zero-order chi connectivity index (χ0) is 7.33. The maximum Gasteiger partial charge on any atom is 0.0873 e. The van der Waals surface area contributed by atoms with Gasteiger partial charge in [-0.05, 0) is 6.26 Å².